The van der Waals surface area contributed by atoms with E-state index in [1.54, 1.807) is 60.8 Å². The Balaban J connectivity index is 1.44. The van der Waals surface area contributed by atoms with Crippen molar-refractivity contribution in [3.05, 3.63) is 78.9 Å². The lowest BCUT2D eigenvalue weighted by Gasteiger charge is -2.11. The van der Waals surface area contributed by atoms with Crippen LogP contribution in [-0.4, -0.2) is 56.9 Å². The van der Waals surface area contributed by atoms with Gasteiger partial charge in [-0.1, -0.05) is 18.2 Å². The Morgan fingerprint density at radius 2 is 1.56 bits per heavy atom. The van der Waals surface area contributed by atoms with Crippen molar-refractivity contribution in [2.75, 3.05) is 30.4 Å². The van der Waals surface area contributed by atoms with Crippen molar-refractivity contribution < 1.29 is 16.8 Å². The first-order valence-corrected chi connectivity index (χ1v) is 14.9. The third-order valence-corrected chi connectivity index (χ3v) is 8.23. The molecule has 0 aliphatic rings. The van der Waals surface area contributed by atoms with E-state index >= 15 is 0 Å². The predicted octanol–water partition coefficient (Wildman–Crippen LogP) is 3.17. The minimum absolute atomic E-state index is 0.118. The number of pyridine rings is 1. The number of nitrogens with zero attached hydrogens (tertiary/aromatic N) is 3. The van der Waals surface area contributed by atoms with Gasteiger partial charge in [0.25, 0.3) is 0 Å². The molecule has 2 heterocycles. The molecule has 9 nitrogen and oxygen atoms in total. The van der Waals surface area contributed by atoms with Crippen molar-refractivity contribution in [3.8, 4) is 0 Å². The number of sulfone groups is 2. The van der Waals surface area contributed by atoms with Gasteiger partial charge < -0.3 is 10.6 Å². The van der Waals surface area contributed by atoms with Crippen molar-refractivity contribution in [2.24, 2.45) is 0 Å². The van der Waals surface area contributed by atoms with E-state index in [2.05, 4.69) is 25.6 Å². The number of hydrogen-bond acceptors (Lipinski definition) is 9. The van der Waals surface area contributed by atoms with Crippen LogP contribution in [0.1, 0.15) is 12.1 Å². The van der Waals surface area contributed by atoms with Crippen LogP contribution in [0.5, 0.6) is 0 Å². The summed E-state index contributed by atoms with van der Waals surface area (Å²) in [6.07, 6.45) is 5.89. The van der Waals surface area contributed by atoms with Crippen LogP contribution in [0.2, 0.25) is 0 Å². The maximum Gasteiger partial charge on any atom is 0.206 e. The lowest BCUT2D eigenvalue weighted by Crippen LogP contribution is -2.23. The Morgan fingerprint density at radius 1 is 0.833 bits per heavy atom. The zero-order valence-electron chi connectivity index (χ0n) is 19.8. The summed E-state index contributed by atoms with van der Waals surface area (Å²) in [5, 5.41) is 7.18. The molecule has 0 aliphatic carbocycles. The van der Waals surface area contributed by atoms with Crippen molar-refractivity contribution >= 4 is 42.1 Å². The van der Waals surface area contributed by atoms with E-state index in [4.69, 9.17) is 0 Å². The van der Waals surface area contributed by atoms with Gasteiger partial charge in [-0.15, -0.1) is 0 Å². The number of aryl methyl sites for hydroxylation is 1. The molecule has 0 aliphatic heterocycles. The van der Waals surface area contributed by atoms with Crippen LogP contribution in [0.25, 0.3) is 10.9 Å². The van der Waals surface area contributed by atoms with Crippen molar-refractivity contribution in [2.45, 2.75) is 22.6 Å². The van der Waals surface area contributed by atoms with Gasteiger partial charge in [-0.05, 0) is 61.9 Å². The van der Waals surface area contributed by atoms with E-state index in [-0.39, 0.29) is 15.5 Å². The number of fused-ring (bicyclic) bond motifs is 1. The highest BCUT2D eigenvalue weighted by Gasteiger charge is 2.17. The molecule has 36 heavy (non-hydrogen) atoms. The lowest BCUT2D eigenvalue weighted by atomic mass is 10.1. The number of benzene rings is 2. The predicted molar refractivity (Wildman–Crippen MR) is 140 cm³/mol. The summed E-state index contributed by atoms with van der Waals surface area (Å²) in [7, 11) is -6.55. The molecule has 0 radical (unpaired) electrons. The highest BCUT2D eigenvalue weighted by molar-refractivity contribution is 7.91. The first-order valence-electron chi connectivity index (χ1n) is 11.4. The van der Waals surface area contributed by atoms with Crippen LogP contribution in [0.4, 0.5) is 11.5 Å². The average molecular weight is 526 g/mol. The summed E-state index contributed by atoms with van der Waals surface area (Å²) in [6.45, 7) is 1.11. The topological polar surface area (TPSA) is 131 Å². The molecule has 0 unspecified atom stereocenters. The Kier molecular flexibility index (Phi) is 7.92. The summed E-state index contributed by atoms with van der Waals surface area (Å²) < 4.78 is 48.0. The molecule has 2 aromatic heterocycles. The number of hydrogen-bond donors (Lipinski definition) is 2. The SMILES string of the molecule is CS(=O)(=O)CCNCCCc1cc2c(Nc3ccc(S(=O)(=O)c4ccccc4)cc3)ncnc2cn1. The Bertz CT molecular complexity index is 1540. The summed E-state index contributed by atoms with van der Waals surface area (Å²) in [6, 6.07) is 16.8. The van der Waals surface area contributed by atoms with Gasteiger partial charge in [-0.25, -0.2) is 26.8 Å². The quantitative estimate of drug-likeness (QED) is 0.283. The average Bonchev–Trinajstić information content (AvgIpc) is 2.86. The molecular formula is C25H27N5O4S2. The number of nitrogens with one attached hydrogen (secondary N) is 2. The van der Waals surface area contributed by atoms with E-state index in [1.165, 1.54) is 12.6 Å². The van der Waals surface area contributed by atoms with Crippen molar-refractivity contribution in [3.63, 3.8) is 0 Å². The highest BCUT2D eigenvalue weighted by atomic mass is 32.2. The molecule has 188 valence electrons. The molecule has 4 rings (SSSR count). The van der Waals surface area contributed by atoms with Gasteiger partial charge in [0.15, 0.2) is 0 Å². The normalized spacial score (nSPS) is 12.0. The third kappa shape index (κ3) is 6.62. The Hall–Kier alpha value is -3.41. The van der Waals surface area contributed by atoms with E-state index in [0.717, 1.165) is 17.5 Å². The fourth-order valence-electron chi connectivity index (χ4n) is 3.61. The van der Waals surface area contributed by atoms with Crippen LogP contribution in [0.15, 0.2) is 83.0 Å². The molecule has 0 spiro atoms. The van der Waals surface area contributed by atoms with Crippen LogP contribution >= 0.6 is 0 Å². The van der Waals surface area contributed by atoms with Crippen molar-refractivity contribution in [1.29, 1.82) is 0 Å². The summed E-state index contributed by atoms with van der Waals surface area (Å²) in [4.78, 5) is 13.6. The molecule has 2 N–H and O–H groups in total. The van der Waals surface area contributed by atoms with Gasteiger partial charge in [0.2, 0.25) is 9.84 Å². The number of aromatic nitrogens is 3. The van der Waals surface area contributed by atoms with Gasteiger partial charge in [-0.2, -0.15) is 0 Å². The molecule has 4 aromatic rings. The molecule has 0 bridgehead atoms. The summed E-state index contributed by atoms with van der Waals surface area (Å²) >= 11 is 0. The molecule has 11 heteroatoms. The maximum atomic E-state index is 12.8. The summed E-state index contributed by atoms with van der Waals surface area (Å²) in [5.74, 6) is 0.709. The van der Waals surface area contributed by atoms with E-state index < -0.39 is 19.7 Å². The first-order chi connectivity index (χ1) is 17.2. The maximum absolute atomic E-state index is 12.8. The standard InChI is InChI=1S/C25H27N5O4S2/c1-35(31,32)15-14-26-13-5-6-20-16-23-24(17-27-20)28-18-29-25(23)30-19-9-11-22(12-10-19)36(33,34)21-7-3-2-4-8-21/h2-4,7-12,16-18,26H,5-6,13-15H2,1H3,(H,28,29,30). The highest BCUT2D eigenvalue weighted by Crippen LogP contribution is 2.26. The second-order valence-electron chi connectivity index (χ2n) is 8.36. The lowest BCUT2D eigenvalue weighted by molar-refractivity contribution is 0.593. The van der Waals surface area contributed by atoms with E-state index in [9.17, 15) is 16.8 Å². The zero-order valence-corrected chi connectivity index (χ0v) is 21.4. The van der Waals surface area contributed by atoms with Gasteiger partial charge >= 0.3 is 0 Å². The van der Waals surface area contributed by atoms with E-state index in [1.807, 2.05) is 6.07 Å². The summed E-state index contributed by atoms with van der Waals surface area (Å²) in [5.41, 5.74) is 2.25. The monoisotopic (exact) mass is 525 g/mol. The van der Waals surface area contributed by atoms with Crippen LogP contribution in [-0.2, 0) is 26.1 Å². The van der Waals surface area contributed by atoms with Gasteiger partial charge in [-0.3, -0.25) is 4.98 Å². The Labute approximate surface area is 210 Å². The fourth-order valence-corrected chi connectivity index (χ4v) is 5.40. The second kappa shape index (κ2) is 11.1. The second-order valence-corrected chi connectivity index (χ2v) is 12.6. The van der Waals surface area contributed by atoms with Gasteiger partial charge in [0.1, 0.15) is 22.0 Å². The molecule has 2 aromatic carbocycles. The minimum atomic E-state index is -3.59. The molecule has 0 saturated carbocycles. The minimum Gasteiger partial charge on any atom is -0.340 e. The largest absolute Gasteiger partial charge is 0.340 e. The van der Waals surface area contributed by atoms with E-state index in [0.29, 0.717) is 36.5 Å². The number of rotatable bonds is 11. The van der Waals surface area contributed by atoms with Crippen molar-refractivity contribution in [1.82, 2.24) is 20.3 Å². The molecular weight excluding hydrogens is 498 g/mol. The zero-order chi connectivity index (χ0) is 25.6. The van der Waals surface area contributed by atoms with Gasteiger partial charge in [0, 0.05) is 29.6 Å². The third-order valence-electron chi connectivity index (χ3n) is 5.50. The van der Waals surface area contributed by atoms with Crippen LogP contribution in [0, 0.1) is 0 Å². The number of anilines is 2. The van der Waals surface area contributed by atoms with Crippen LogP contribution < -0.4 is 10.6 Å². The van der Waals surface area contributed by atoms with Crippen LogP contribution in [0.3, 0.4) is 0 Å². The molecule has 0 atom stereocenters. The molecule has 0 fully saturated rings. The van der Waals surface area contributed by atoms with Gasteiger partial charge in [0.05, 0.1) is 27.3 Å². The smallest absolute Gasteiger partial charge is 0.206 e. The molecule has 0 amide bonds. The first kappa shape index (κ1) is 25.7. The Morgan fingerprint density at radius 3 is 2.28 bits per heavy atom. The molecule has 0 saturated heterocycles. The fraction of sp³-hybridized carbons (Fsp3) is 0.240.